The quantitative estimate of drug-likeness (QED) is 0.756. The molecule has 24 heavy (non-hydrogen) atoms. The van der Waals surface area contributed by atoms with Gasteiger partial charge in [0.25, 0.3) is 0 Å². The third-order valence-corrected chi connectivity index (χ3v) is 4.48. The molecule has 0 saturated carbocycles. The van der Waals surface area contributed by atoms with Gasteiger partial charge in [0.1, 0.15) is 11.7 Å². The van der Waals surface area contributed by atoms with Crippen LogP contribution in [0.15, 0.2) is 36.5 Å². The molecule has 0 aromatic carbocycles. The second-order valence-corrected chi connectivity index (χ2v) is 8.25. The Hall–Kier alpha value is -1.55. The Morgan fingerprint density at radius 3 is 2.54 bits per heavy atom. The fraction of sp³-hybridized carbons (Fsp3) is 0.650. The van der Waals surface area contributed by atoms with Crippen LogP contribution in [0.25, 0.3) is 0 Å². The van der Waals surface area contributed by atoms with Crippen LogP contribution in [0, 0.1) is 0 Å². The third-order valence-electron chi connectivity index (χ3n) is 4.48. The van der Waals surface area contributed by atoms with Crippen LogP contribution < -0.4 is 0 Å². The van der Waals surface area contributed by atoms with Crippen LogP contribution in [0.3, 0.4) is 0 Å². The minimum atomic E-state index is -0.500. The summed E-state index contributed by atoms with van der Waals surface area (Å²) in [4.78, 5) is 14.4. The summed E-state index contributed by atoms with van der Waals surface area (Å²) in [5.74, 6) is 0. The molecule has 2 atom stereocenters. The number of nitrogens with zero attached hydrogens (tertiary/aromatic N) is 1. The predicted molar refractivity (Wildman–Crippen MR) is 97.0 cm³/mol. The minimum Gasteiger partial charge on any atom is -0.444 e. The van der Waals surface area contributed by atoms with E-state index < -0.39 is 5.60 Å². The first-order valence-corrected chi connectivity index (χ1v) is 8.73. The topological polar surface area (TPSA) is 38.8 Å². The van der Waals surface area contributed by atoms with Gasteiger partial charge in [-0.1, -0.05) is 25.3 Å². The highest BCUT2D eigenvalue weighted by Crippen LogP contribution is 2.39. The van der Waals surface area contributed by atoms with Crippen LogP contribution in [0.5, 0.6) is 0 Å². The van der Waals surface area contributed by atoms with E-state index in [1.54, 1.807) is 0 Å². The Morgan fingerprint density at radius 2 is 2.00 bits per heavy atom. The number of hydrogen-bond acceptors (Lipinski definition) is 3. The summed E-state index contributed by atoms with van der Waals surface area (Å²) in [6.07, 6.45) is 5.95. The zero-order valence-corrected chi connectivity index (χ0v) is 15.7. The van der Waals surface area contributed by atoms with Crippen molar-refractivity contribution in [2.75, 3.05) is 6.54 Å². The zero-order valence-electron chi connectivity index (χ0n) is 15.7. The molecule has 4 nitrogen and oxygen atoms in total. The van der Waals surface area contributed by atoms with Gasteiger partial charge >= 0.3 is 6.09 Å². The molecule has 4 heteroatoms. The van der Waals surface area contributed by atoms with Crippen molar-refractivity contribution in [3.63, 3.8) is 0 Å². The first-order valence-electron chi connectivity index (χ1n) is 8.73. The second kappa shape index (κ2) is 6.75. The molecule has 2 aliphatic rings. The average Bonchev–Trinajstić information content (AvgIpc) is 2.93. The Balaban J connectivity index is 2.31. The van der Waals surface area contributed by atoms with Crippen molar-refractivity contribution in [3.8, 4) is 0 Å². The summed E-state index contributed by atoms with van der Waals surface area (Å²) in [5, 5.41) is 0. The van der Waals surface area contributed by atoms with E-state index in [1.165, 1.54) is 0 Å². The number of ether oxygens (including phenoxy) is 2. The van der Waals surface area contributed by atoms with E-state index in [9.17, 15) is 4.79 Å². The van der Waals surface area contributed by atoms with E-state index in [-0.39, 0.29) is 23.8 Å². The van der Waals surface area contributed by atoms with E-state index in [0.717, 1.165) is 30.4 Å². The lowest BCUT2D eigenvalue weighted by molar-refractivity contribution is -0.0903. The second-order valence-electron chi connectivity index (χ2n) is 8.25. The van der Waals surface area contributed by atoms with E-state index in [1.807, 2.05) is 37.8 Å². The standard InChI is InChI=1S/C20H31NO3/c1-8-14-13-20(6,7)23-17(15(14)9-2)16-11-10-12-21(16)18(22)24-19(3,4)5/h8-9,16-17H,1-2,10-13H2,3-7H3. The van der Waals surface area contributed by atoms with Crippen molar-refractivity contribution >= 4 is 6.09 Å². The molecule has 134 valence electrons. The minimum absolute atomic E-state index is 0.0256. The number of hydrogen-bond donors (Lipinski definition) is 0. The normalized spacial score (nSPS) is 27.1. The molecular formula is C20H31NO3. The maximum Gasteiger partial charge on any atom is 0.410 e. The molecule has 2 aliphatic heterocycles. The van der Waals surface area contributed by atoms with Gasteiger partial charge in [-0.3, -0.25) is 0 Å². The van der Waals surface area contributed by atoms with E-state index in [0.29, 0.717) is 6.54 Å². The highest BCUT2D eigenvalue weighted by atomic mass is 16.6. The predicted octanol–water partition coefficient (Wildman–Crippen LogP) is 4.62. The molecule has 0 radical (unpaired) electrons. The summed E-state index contributed by atoms with van der Waals surface area (Å²) in [7, 11) is 0. The first kappa shape index (κ1) is 18.8. The molecule has 1 saturated heterocycles. The molecule has 1 amide bonds. The fourth-order valence-corrected chi connectivity index (χ4v) is 3.57. The molecule has 2 heterocycles. The van der Waals surface area contributed by atoms with Gasteiger partial charge in [0.2, 0.25) is 0 Å². The molecule has 1 fully saturated rings. The van der Waals surface area contributed by atoms with Crippen molar-refractivity contribution in [1.82, 2.24) is 4.90 Å². The Labute approximate surface area is 146 Å². The molecule has 2 rings (SSSR count). The lowest BCUT2D eigenvalue weighted by Gasteiger charge is -2.42. The summed E-state index contributed by atoms with van der Waals surface area (Å²) >= 11 is 0. The van der Waals surface area contributed by atoms with Gasteiger partial charge in [-0.15, -0.1) is 0 Å². The zero-order chi connectivity index (χ0) is 18.1. The lowest BCUT2D eigenvalue weighted by Crippen LogP contribution is -2.50. The number of amides is 1. The molecule has 0 aliphatic carbocycles. The third kappa shape index (κ3) is 4.10. The van der Waals surface area contributed by atoms with Crippen molar-refractivity contribution in [3.05, 3.63) is 36.5 Å². The summed E-state index contributed by atoms with van der Waals surface area (Å²) < 4.78 is 12.0. The molecule has 2 unspecified atom stereocenters. The van der Waals surface area contributed by atoms with Crippen LogP contribution >= 0.6 is 0 Å². The number of allylic oxidation sites excluding steroid dienone is 1. The summed E-state index contributed by atoms with van der Waals surface area (Å²) in [6.45, 7) is 18.4. The van der Waals surface area contributed by atoms with Gasteiger partial charge in [-0.25, -0.2) is 4.79 Å². The number of likely N-dealkylation sites (tertiary alicyclic amines) is 1. The highest BCUT2D eigenvalue weighted by molar-refractivity contribution is 5.69. The summed E-state index contributed by atoms with van der Waals surface area (Å²) in [5.41, 5.74) is 1.41. The van der Waals surface area contributed by atoms with Crippen LogP contribution in [0.4, 0.5) is 4.79 Å². The Bertz CT molecular complexity index is 554. The molecule has 0 N–H and O–H groups in total. The van der Waals surface area contributed by atoms with Gasteiger partial charge < -0.3 is 14.4 Å². The van der Waals surface area contributed by atoms with Crippen LogP contribution in [0.1, 0.15) is 53.9 Å². The molecule has 0 spiro atoms. The lowest BCUT2D eigenvalue weighted by atomic mass is 9.85. The highest BCUT2D eigenvalue weighted by Gasteiger charge is 2.43. The van der Waals surface area contributed by atoms with Gasteiger partial charge in [-0.2, -0.15) is 0 Å². The maximum absolute atomic E-state index is 12.6. The van der Waals surface area contributed by atoms with Gasteiger partial charge in [-0.05, 0) is 58.6 Å². The van der Waals surface area contributed by atoms with Crippen molar-refractivity contribution in [2.24, 2.45) is 0 Å². The van der Waals surface area contributed by atoms with Gasteiger partial charge in [0.15, 0.2) is 0 Å². The van der Waals surface area contributed by atoms with Crippen LogP contribution in [-0.2, 0) is 9.47 Å². The fourth-order valence-electron chi connectivity index (χ4n) is 3.57. The van der Waals surface area contributed by atoms with Crippen LogP contribution in [-0.4, -0.2) is 40.9 Å². The van der Waals surface area contributed by atoms with Gasteiger partial charge in [0.05, 0.1) is 11.6 Å². The van der Waals surface area contributed by atoms with E-state index in [4.69, 9.17) is 9.47 Å². The van der Waals surface area contributed by atoms with E-state index in [2.05, 4.69) is 27.0 Å². The SMILES string of the molecule is C=CC1=C(C=C)C(C2CCCN2C(=O)OC(C)(C)C)OC(C)(C)C1. The first-order chi connectivity index (χ1) is 11.1. The summed E-state index contributed by atoms with van der Waals surface area (Å²) in [6, 6.07) is -0.0256. The van der Waals surface area contributed by atoms with E-state index >= 15 is 0 Å². The smallest absolute Gasteiger partial charge is 0.410 e. The van der Waals surface area contributed by atoms with Crippen LogP contribution in [0.2, 0.25) is 0 Å². The van der Waals surface area contributed by atoms with Crippen molar-refractivity contribution < 1.29 is 14.3 Å². The monoisotopic (exact) mass is 333 g/mol. The molecule has 0 aromatic heterocycles. The molecular weight excluding hydrogens is 302 g/mol. The number of carbonyl (C=O) groups excluding carboxylic acids is 1. The van der Waals surface area contributed by atoms with Gasteiger partial charge in [0, 0.05) is 13.0 Å². The largest absolute Gasteiger partial charge is 0.444 e. The number of carbonyl (C=O) groups is 1. The van der Waals surface area contributed by atoms with Crippen molar-refractivity contribution in [1.29, 1.82) is 0 Å². The molecule has 0 aromatic rings. The Kier molecular flexibility index (Phi) is 5.28. The number of rotatable bonds is 3. The Morgan fingerprint density at radius 1 is 1.33 bits per heavy atom. The van der Waals surface area contributed by atoms with Crippen molar-refractivity contribution in [2.45, 2.75) is 77.2 Å². The molecule has 0 bridgehead atoms. The average molecular weight is 333 g/mol. The maximum atomic E-state index is 12.6.